The summed E-state index contributed by atoms with van der Waals surface area (Å²) in [5.41, 5.74) is 1.69. The highest BCUT2D eigenvalue weighted by molar-refractivity contribution is 5.97. The number of likely N-dealkylation sites (tertiary alicyclic amines) is 1. The average Bonchev–Trinajstić information content (AvgIpc) is 3.21. The van der Waals surface area contributed by atoms with Crippen molar-refractivity contribution >= 4 is 11.8 Å². The lowest BCUT2D eigenvalue weighted by Crippen LogP contribution is -2.38. The molecule has 0 saturated carbocycles. The predicted molar refractivity (Wildman–Crippen MR) is 94.7 cm³/mol. The smallest absolute Gasteiger partial charge is 0.251 e. The minimum Gasteiger partial charge on any atom is -0.343 e. The first-order valence-electron chi connectivity index (χ1n) is 8.44. The largest absolute Gasteiger partial charge is 0.343 e. The molecule has 3 rings (SSSR count). The molecule has 1 aliphatic rings. The molecular formula is C20H18FN3O2. The van der Waals surface area contributed by atoms with E-state index in [2.05, 4.69) is 5.32 Å². The molecule has 0 aromatic heterocycles. The first-order valence-corrected chi connectivity index (χ1v) is 8.44. The zero-order valence-electron chi connectivity index (χ0n) is 14.2. The van der Waals surface area contributed by atoms with Gasteiger partial charge in [0, 0.05) is 18.7 Å². The number of rotatable bonds is 4. The Morgan fingerprint density at radius 3 is 2.58 bits per heavy atom. The van der Waals surface area contributed by atoms with E-state index in [0.29, 0.717) is 16.7 Å². The molecule has 0 unspecified atom stereocenters. The van der Waals surface area contributed by atoms with Crippen LogP contribution in [-0.2, 0) is 4.79 Å². The molecule has 0 atom stereocenters. The molecular weight excluding hydrogens is 333 g/mol. The summed E-state index contributed by atoms with van der Waals surface area (Å²) < 4.78 is 13.5. The standard InChI is InChI=1S/C20H18FN3O2/c21-18-7-6-15(11-17(18)12-22)14-4-3-5-16(10-14)20(26)23-13-19(25)24-8-1-2-9-24/h3-7,10-11H,1-2,8-9,13H2,(H,23,26). The van der Waals surface area contributed by atoms with Crippen LogP contribution in [0.25, 0.3) is 11.1 Å². The van der Waals surface area contributed by atoms with Crippen molar-refractivity contribution in [3.05, 3.63) is 59.4 Å². The van der Waals surface area contributed by atoms with Crippen LogP contribution in [0.1, 0.15) is 28.8 Å². The van der Waals surface area contributed by atoms with Gasteiger partial charge in [0.05, 0.1) is 12.1 Å². The van der Waals surface area contributed by atoms with Crippen molar-refractivity contribution in [2.75, 3.05) is 19.6 Å². The lowest BCUT2D eigenvalue weighted by atomic mass is 10.0. The molecule has 0 bridgehead atoms. The van der Waals surface area contributed by atoms with Gasteiger partial charge in [-0.15, -0.1) is 0 Å². The Labute approximate surface area is 151 Å². The predicted octanol–water partition coefficient (Wildman–Crippen LogP) is 2.72. The van der Waals surface area contributed by atoms with E-state index >= 15 is 0 Å². The SMILES string of the molecule is N#Cc1cc(-c2cccc(C(=O)NCC(=O)N3CCCC3)c2)ccc1F. The van der Waals surface area contributed by atoms with Gasteiger partial charge in [0.25, 0.3) is 5.91 Å². The Morgan fingerprint density at radius 2 is 1.85 bits per heavy atom. The zero-order valence-corrected chi connectivity index (χ0v) is 14.2. The van der Waals surface area contributed by atoms with Crippen LogP contribution in [0, 0.1) is 17.1 Å². The first-order chi connectivity index (χ1) is 12.6. The summed E-state index contributed by atoms with van der Waals surface area (Å²) in [7, 11) is 0. The van der Waals surface area contributed by atoms with Gasteiger partial charge < -0.3 is 10.2 Å². The zero-order chi connectivity index (χ0) is 18.5. The van der Waals surface area contributed by atoms with Crippen LogP contribution in [0.3, 0.4) is 0 Å². The highest BCUT2D eigenvalue weighted by Gasteiger charge is 2.18. The third-order valence-corrected chi connectivity index (χ3v) is 4.40. The van der Waals surface area contributed by atoms with Gasteiger partial charge in [0.1, 0.15) is 11.9 Å². The number of benzene rings is 2. The van der Waals surface area contributed by atoms with Crippen molar-refractivity contribution in [2.45, 2.75) is 12.8 Å². The number of carbonyl (C=O) groups is 2. The fourth-order valence-corrected chi connectivity index (χ4v) is 2.97. The molecule has 1 aliphatic heterocycles. The summed E-state index contributed by atoms with van der Waals surface area (Å²) in [5, 5.41) is 11.6. The van der Waals surface area contributed by atoms with E-state index in [-0.39, 0.29) is 23.9 Å². The van der Waals surface area contributed by atoms with Crippen LogP contribution in [0.5, 0.6) is 0 Å². The Bertz CT molecular complexity index is 883. The van der Waals surface area contributed by atoms with E-state index in [1.54, 1.807) is 41.3 Å². The first kappa shape index (κ1) is 17.6. The number of carbonyl (C=O) groups excluding carboxylic acids is 2. The van der Waals surface area contributed by atoms with E-state index in [1.165, 1.54) is 12.1 Å². The Kier molecular flexibility index (Phi) is 5.28. The number of amides is 2. The summed E-state index contributed by atoms with van der Waals surface area (Å²) in [6, 6.07) is 12.8. The van der Waals surface area contributed by atoms with E-state index < -0.39 is 5.82 Å². The molecule has 1 heterocycles. The molecule has 0 aliphatic carbocycles. The fourth-order valence-electron chi connectivity index (χ4n) is 2.97. The van der Waals surface area contributed by atoms with Gasteiger partial charge in [-0.05, 0) is 48.2 Å². The Balaban J connectivity index is 1.71. The third kappa shape index (κ3) is 3.89. The van der Waals surface area contributed by atoms with Crippen LogP contribution in [0.4, 0.5) is 4.39 Å². The minimum absolute atomic E-state index is 0.0296. The van der Waals surface area contributed by atoms with Crippen molar-refractivity contribution in [3.8, 4) is 17.2 Å². The molecule has 2 aromatic rings. The summed E-state index contributed by atoms with van der Waals surface area (Å²) in [5.74, 6) is -1.00. The monoisotopic (exact) mass is 351 g/mol. The van der Waals surface area contributed by atoms with Crippen LogP contribution in [-0.4, -0.2) is 36.3 Å². The maximum absolute atomic E-state index is 13.5. The normalized spacial score (nSPS) is 13.3. The summed E-state index contributed by atoms with van der Waals surface area (Å²) >= 11 is 0. The molecule has 26 heavy (non-hydrogen) atoms. The van der Waals surface area contributed by atoms with Gasteiger partial charge in [-0.2, -0.15) is 5.26 Å². The third-order valence-electron chi connectivity index (χ3n) is 4.40. The van der Waals surface area contributed by atoms with Gasteiger partial charge in [0.15, 0.2) is 0 Å². The summed E-state index contributed by atoms with van der Waals surface area (Å²) in [6.45, 7) is 1.46. The second-order valence-electron chi connectivity index (χ2n) is 6.16. The molecule has 132 valence electrons. The van der Waals surface area contributed by atoms with E-state index in [9.17, 15) is 14.0 Å². The highest BCUT2D eigenvalue weighted by Crippen LogP contribution is 2.23. The van der Waals surface area contributed by atoms with Gasteiger partial charge in [0.2, 0.25) is 5.91 Å². The number of nitrogens with zero attached hydrogens (tertiary/aromatic N) is 2. The molecule has 0 radical (unpaired) electrons. The Hall–Kier alpha value is -3.20. The molecule has 2 amide bonds. The lowest BCUT2D eigenvalue weighted by Gasteiger charge is -2.15. The van der Waals surface area contributed by atoms with Crippen LogP contribution in [0.2, 0.25) is 0 Å². The number of nitrogens with one attached hydrogen (secondary N) is 1. The van der Waals surface area contributed by atoms with Gasteiger partial charge in [-0.1, -0.05) is 18.2 Å². The maximum Gasteiger partial charge on any atom is 0.251 e. The average molecular weight is 351 g/mol. The molecule has 1 fully saturated rings. The topological polar surface area (TPSA) is 73.2 Å². The van der Waals surface area contributed by atoms with E-state index in [1.807, 2.05) is 0 Å². The number of hydrogen-bond acceptors (Lipinski definition) is 3. The van der Waals surface area contributed by atoms with Gasteiger partial charge >= 0.3 is 0 Å². The highest BCUT2D eigenvalue weighted by atomic mass is 19.1. The Morgan fingerprint density at radius 1 is 1.12 bits per heavy atom. The van der Waals surface area contributed by atoms with Crippen molar-refractivity contribution in [1.29, 1.82) is 5.26 Å². The number of hydrogen-bond donors (Lipinski definition) is 1. The second kappa shape index (κ2) is 7.79. The molecule has 1 saturated heterocycles. The van der Waals surface area contributed by atoms with Crippen molar-refractivity contribution in [3.63, 3.8) is 0 Å². The van der Waals surface area contributed by atoms with E-state index in [0.717, 1.165) is 25.9 Å². The molecule has 5 nitrogen and oxygen atoms in total. The lowest BCUT2D eigenvalue weighted by molar-refractivity contribution is -0.129. The number of nitriles is 1. The molecule has 1 N–H and O–H groups in total. The van der Waals surface area contributed by atoms with E-state index in [4.69, 9.17) is 5.26 Å². The molecule has 2 aromatic carbocycles. The van der Waals surface area contributed by atoms with Crippen molar-refractivity contribution < 1.29 is 14.0 Å². The minimum atomic E-state index is -0.578. The van der Waals surface area contributed by atoms with Crippen LogP contribution in [0.15, 0.2) is 42.5 Å². The molecule has 0 spiro atoms. The van der Waals surface area contributed by atoms with Crippen LogP contribution >= 0.6 is 0 Å². The van der Waals surface area contributed by atoms with Crippen molar-refractivity contribution in [2.24, 2.45) is 0 Å². The molecule has 6 heteroatoms. The second-order valence-corrected chi connectivity index (χ2v) is 6.16. The van der Waals surface area contributed by atoms with Gasteiger partial charge in [-0.3, -0.25) is 9.59 Å². The maximum atomic E-state index is 13.5. The van der Waals surface area contributed by atoms with Gasteiger partial charge in [-0.25, -0.2) is 4.39 Å². The number of halogens is 1. The van der Waals surface area contributed by atoms with Crippen LogP contribution < -0.4 is 5.32 Å². The summed E-state index contributed by atoms with van der Waals surface area (Å²) in [4.78, 5) is 26.1. The fraction of sp³-hybridized carbons (Fsp3) is 0.250. The quantitative estimate of drug-likeness (QED) is 0.920. The summed E-state index contributed by atoms with van der Waals surface area (Å²) in [6.07, 6.45) is 2.01. The van der Waals surface area contributed by atoms with Crippen molar-refractivity contribution in [1.82, 2.24) is 10.2 Å².